The quantitative estimate of drug-likeness (QED) is 0.732. The maximum atomic E-state index is 11.8. The fraction of sp³-hybridized carbons (Fsp3) is 0.316. The van der Waals surface area contributed by atoms with Gasteiger partial charge >= 0.3 is 6.03 Å². The highest BCUT2D eigenvalue weighted by molar-refractivity contribution is 5.73. The molecule has 0 bridgehead atoms. The zero-order chi connectivity index (χ0) is 17.2. The molecule has 2 amide bonds. The largest absolute Gasteiger partial charge is 0.497 e. The van der Waals surface area contributed by atoms with E-state index in [-0.39, 0.29) is 6.03 Å². The van der Waals surface area contributed by atoms with Crippen LogP contribution in [0.2, 0.25) is 0 Å². The van der Waals surface area contributed by atoms with Gasteiger partial charge in [0, 0.05) is 6.54 Å². The van der Waals surface area contributed by atoms with Gasteiger partial charge in [-0.25, -0.2) is 4.79 Å². The summed E-state index contributed by atoms with van der Waals surface area (Å²) in [6.45, 7) is 3.45. The Hall–Kier alpha value is -2.69. The number of methoxy groups -OCH3 is 1. The van der Waals surface area contributed by atoms with Crippen LogP contribution in [0.4, 0.5) is 4.79 Å². The van der Waals surface area contributed by atoms with Crippen LogP contribution in [0, 0.1) is 0 Å². The van der Waals surface area contributed by atoms with E-state index in [1.165, 1.54) is 5.56 Å². The maximum absolute atomic E-state index is 11.8. The van der Waals surface area contributed by atoms with Crippen molar-refractivity contribution in [2.45, 2.75) is 19.9 Å². The lowest BCUT2D eigenvalue weighted by Gasteiger charge is -2.11. The predicted octanol–water partition coefficient (Wildman–Crippen LogP) is 3.14. The van der Waals surface area contributed by atoms with E-state index in [9.17, 15) is 4.79 Å². The maximum Gasteiger partial charge on any atom is 0.315 e. The van der Waals surface area contributed by atoms with E-state index < -0.39 is 0 Å². The summed E-state index contributed by atoms with van der Waals surface area (Å²) < 4.78 is 10.8. The summed E-state index contributed by atoms with van der Waals surface area (Å²) in [7, 11) is 1.63. The van der Waals surface area contributed by atoms with Crippen LogP contribution in [0.1, 0.15) is 18.1 Å². The van der Waals surface area contributed by atoms with Gasteiger partial charge in [0.05, 0.1) is 13.7 Å². The fourth-order valence-electron chi connectivity index (χ4n) is 2.25. The third kappa shape index (κ3) is 5.50. The van der Waals surface area contributed by atoms with Crippen LogP contribution >= 0.6 is 0 Å². The highest BCUT2D eigenvalue weighted by atomic mass is 16.5. The molecule has 0 aliphatic rings. The molecule has 24 heavy (non-hydrogen) atoms. The van der Waals surface area contributed by atoms with E-state index in [0.717, 1.165) is 23.5 Å². The van der Waals surface area contributed by atoms with E-state index in [0.29, 0.717) is 19.7 Å². The molecule has 0 spiro atoms. The molecule has 0 radical (unpaired) electrons. The van der Waals surface area contributed by atoms with Crippen LogP contribution in [0.25, 0.3) is 0 Å². The molecular formula is C19H24N2O3. The van der Waals surface area contributed by atoms with Crippen molar-refractivity contribution in [2.75, 3.05) is 20.3 Å². The van der Waals surface area contributed by atoms with Gasteiger partial charge < -0.3 is 20.1 Å². The SMILES string of the molecule is CCc1ccccc1OCCNC(=O)NCc1ccc(OC)cc1. The first-order valence-corrected chi connectivity index (χ1v) is 8.08. The van der Waals surface area contributed by atoms with Gasteiger partial charge in [-0.15, -0.1) is 0 Å². The first-order chi connectivity index (χ1) is 11.7. The molecule has 5 nitrogen and oxygen atoms in total. The molecule has 2 rings (SSSR count). The van der Waals surface area contributed by atoms with Crippen LogP contribution in [0.3, 0.4) is 0 Å². The smallest absolute Gasteiger partial charge is 0.315 e. The van der Waals surface area contributed by atoms with E-state index >= 15 is 0 Å². The summed E-state index contributed by atoms with van der Waals surface area (Å²) in [4.78, 5) is 11.8. The number of nitrogens with one attached hydrogen (secondary N) is 2. The topological polar surface area (TPSA) is 59.6 Å². The number of amides is 2. The van der Waals surface area contributed by atoms with E-state index in [2.05, 4.69) is 17.6 Å². The van der Waals surface area contributed by atoms with Crippen molar-refractivity contribution in [1.82, 2.24) is 10.6 Å². The van der Waals surface area contributed by atoms with Gasteiger partial charge in [0.15, 0.2) is 0 Å². The zero-order valence-corrected chi connectivity index (χ0v) is 14.2. The van der Waals surface area contributed by atoms with Gasteiger partial charge in [0.1, 0.15) is 18.1 Å². The molecule has 0 heterocycles. The van der Waals surface area contributed by atoms with Gasteiger partial charge in [-0.05, 0) is 35.7 Å². The van der Waals surface area contributed by atoms with Crippen molar-refractivity contribution in [2.24, 2.45) is 0 Å². The van der Waals surface area contributed by atoms with Gasteiger partial charge in [-0.1, -0.05) is 37.3 Å². The predicted molar refractivity (Wildman–Crippen MR) is 94.5 cm³/mol. The number of carbonyl (C=O) groups is 1. The number of hydrogen-bond donors (Lipinski definition) is 2. The lowest BCUT2D eigenvalue weighted by atomic mass is 10.1. The minimum Gasteiger partial charge on any atom is -0.497 e. The Balaban J connectivity index is 1.66. The Labute approximate surface area is 143 Å². The Morgan fingerprint density at radius 1 is 1.04 bits per heavy atom. The van der Waals surface area contributed by atoms with Gasteiger partial charge in [-0.2, -0.15) is 0 Å². The number of carbonyl (C=O) groups excluding carboxylic acids is 1. The summed E-state index contributed by atoms with van der Waals surface area (Å²) in [5.41, 5.74) is 2.18. The number of rotatable bonds is 8. The summed E-state index contributed by atoms with van der Waals surface area (Å²) in [6.07, 6.45) is 0.923. The van der Waals surface area contributed by atoms with Crippen molar-refractivity contribution < 1.29 is 14.3 Å². The molecule has 0 aliphatic heterocycles. The van der Waals surface area contributed by atoms with Gasteiger partial charge in [0.2, 0.25) is 0 Å². The Morgan fingerprint density at radius 3 is 2.50 bits per heavy atom. The third-order valence-electron chi connectivity index (χ3n) is 3.61. The number of urea groups is 1. The second-order valence-corrected chi connectivity index (χ2v) is 5.27. The average Bonchev–Trinajstić information content (AvgIpc) is 2.64. The van der Waals surface area contributed by atoms with Crippen molar-refractivity contribution in [3.05, 3.63) is 59.7 Å². The minimum atomic E-state index is -0.210. The average molecular weight is 328 g/mol. The van der Waals surface area contributed by atoms with Crippen molar-refractivity contribution in [1.29, 1.82) is 0 Å². The first-order valence-electron chi connectivity index (χ1n) is 8.08. The van der Waals surface area contributed by atoms with Crippen LogP contribution in [-0.4, -0.2) is 26.3 Å². The molecule has 2 N–H and O–H groups in total. The first kappa shape index (κ1) is 17.7. The molecule has 2 aromatic rings. The molecule has 128 valence electrons. The number of hydrogen-bond acceptors (Lipinski definition) is 3. The van der Waals surface area contributed by atoms with Crippen molar-refractivity contribution >= 4 is 6.03 Å². The normalized spacial score (nSPS) is 10.1. The summed E-state index contributed by atoms with van der Waals surface area (Å²) in [6, 6.07) is 15.3. The number of para-hydroxylation sites is 1. The summed E-state index contributed by atoms with van der Waals surface area (Å²) in [5.74, 6) is 1.67. The third-order valence-corrected chi connectivity index (χ3v) is 3.61. The van der Waals surface area contributed by atoms with Crippen LogP contribution in [0.15, 0.2) is 48.5 Å². The van der Waals surface area contributed by atoms with Crippen molar-refractivity contribution in [3.8, 4) is 11.5 Å². The molecule has 0 unspecified atom stereocenters. The second-order valence-electron chi connectivity index (χ2n) is 5.27. The number of benzene rings is 2. The van der Waals surface area contributed by atoms with E-state index in [1.54, 1.807) is 7.11 Å². The molecule has 0 aromatic heterocycles. The highest BCUT2D eigenvalue weighted by Gasteiger charge is 2.03. The molecule has 0 atom stereocenters. The van der Waals surface area contributed by atoms with Gasteiger partial charge in [-0.3, -0.25) is 0 Å². The lowest BCUT2D eigenvalue weighted by Crippen LogP contribution is -2.37. The summed E-state index contributed by atoms with van der Waals surface area (Å²) >= 11 is 0. The summed E-state index contributed by atoms with van der Waals surface area (Å²) in [5, 5.41) is 5.59. The minimum absolute atomic E-state index is 0.210. The Bertz CT molecular complexity index is 641. The molecule has 0 saturated heterocycles. The standard InChI is InChI=1S/C19H24N2O3/c1-3-16-6-4-5-7-18(16)24-13-12-20-19(22)21-14-15-8-10-17(23-2)11-9-15/h4-11H,3,12-14H2,1-2H3,(H2,20,21,22). The Morgan fingerprint density at radius 2 is 1.79 bits per heavy atom. The number of ether oxygens (including phenoxy) is 2. The Kier molecular flexibility index (Phi) is 6.95. The zero-order valence-electron chi connectivity index (χ0n) is 14.2. The van der Waals surface area contributed by atoms with E-state index in [1.807, 2.05) is 48.5 Å². The van der Waals surface area contributed by atoms with Gasteiger partial charge in [0.25, 0.3) is 0 Å². The monoisotopic (exact) mass is 328 g/mol. The van der Waals surface area contributed by atoms with Crippen LogP contribution in [-0.2, 0) is 13.0 Å². The second kappa shape index (κ2) is 9.45. The molecule has 0 fully saturated rings. The van der Waals surface area contributed by atoms with E-state index in [4.69, 9.17) is 9.47 Å². The number of aryl methyl sites for hydroxylation is 1. The molecule has 0 aliphatic carbocycles. The molecular weight excluding hydrogens is 304 g/mol. The van der Waals surface area contributed by atoms with Crippen molar-refractivity contribution in [3.63, 3.8) is 0 Å². The molecule has 2 aromatic carbocycles. The lowest BCUT2D eigenvalue weighted by molar-refractivity contribution is 0.236. The molecule has 0 saturated carbocycles. The van der Waals surface area contributed by atoms with Crippen LogP contribution < -0.4 is 20.1 Å². The van der Waals surface area contributed by atoms with Crippen LogP contribution in [0.5, 0.6) is 11.5 Å². The highest BCUT2D eigenvalue weighted by Crippen LogP contribution is 2.17. The fourth-order valence-corrected chi connectivity index (χ4v) is 2.25. The molecule has 5 heteroatoms.